The van der Waals surface area contributed by atoms with Crippen LogP contribution in [0.3, 0.4) is 0 Å². The Hall–Kier alpha value is -1.70. The van der Waals surface area contributed by atoms with Crippen molar-refractivity contribution in [2.75, 3.05) is 20.1 Å². The molecule has 3 rings (SSSR count). The van der Waals surface area contributed by atoms with E-state index in [1.807, 2.05) is 19.1 Å². The molecule has 1 aliphatic carbocycles. The predicted molar refractivity (Wildman–Crippen MR) is 109 cm³/mol. The van der Waals surface area contributed by atoms with E-state index in [1.165, 1.54) is 4.31 Å². The molecule has 0 amide bonds. The molecule has 0 saturated carbocycles. The van der Waals surface area contributed by atoms with Gasteiger partial charge in [0.05, 0.1) is 4.90 Å². The fourth-order valence-corrected chi connectivity index (χ4v) is 5.71. The number of rotatable bonds is 7. The molecule has 6 nitrogen and oxygen atoms in total. The highest BCUT2D eigenvalue weighted by molar-refractivity contribution is 7.89. The number of sulfonamides is 1. The smallest absolute Gasteiger partial charge is 0.303 e. The van der Waals surface area contributed by atoms with Gasteiger partial charge < -0.3 is 5.11 Å². The number of aryl methyl sites for hydroxylation is 1. The lowest BCUT2D eigenvalue weighted by atomic mass is 9.92. The van der Waals surface area contributed by atoms with Crippen LogP contribution in [-0.2, 0) is 14.8 Å². The minimum Gasteiger partial charge on any atom is -0.481 e. The van der Waals surface area contributed by atoms with Crippen LogP contribution in [0.1, 0.15) is 37.7 Å². The molecular weight excluding hydrogens is 376 g/mol. The van der Waals surface area contributed by atoms with Crippen LogP contribution in [-0.4, -0.2) is 60.9 Å². The van der Waals surface area contributed by atoms with Crippen molar-refractivity contribution in [2.24, 2.45) is 5.92 Å². The quantitative estimate of drug-likeness (QED) is 0.705. The van der Waals surface area contributed by atoms with Gasteiger partial charge in [0.25, 0.3) is 0 Å². The second-order valence-electron chi connectivity index (χ2n) is 8.03. The first-order valence-corrected chi connectivity index (χ1v) is 11.4. The van der Waals surface area contributed by atoms with Crippen LogP contribution in [0.15, 0.2) is 41.3 Å². The number of hydrogen-bond donors (Lipinski definition) is 1. The maximum Gasteiger partial charge on any atom is 0.303 e. The van der Waals surface area contributed by atoms with Crippen molar-refractivity contribution in [1.82, 2.24) is 9.21 Å². The number of likely N-dealkylation sites (tertiary alicyclic amines) is 1. The van der Waals surface area contributed by atoms with E-state index in [9.17, 15) is 13.2 Å². The highest BCUT2D eigenvalue weighted by Gasteiger charge is 2.34. The first-order chi connectivity index (χ1) is 13.3. The number of likely N-dealkylation sites (N-methyl/N-ethyl adjacent to an activating group) is 1. The summed E-state index contributed by atoms with van der Waals surface area (Å²) in [5.74, 6) is -0.327. The van der Waals surface area contributed by atoms with Gasteiger partial charge in [0, 0.05) is 32.1 Å². The van der Waals surface area contributed by atoms with Crippen LogP contribution in [0, 0.1) is 12.8 Å². The largest absolute Gasteiger partial charge is 0.481 e. The third kappa shape index (κ3) is 4.82. The van der Waals surface area contributed by atoms with E-state index in [-0.39, 0.29) is 18.5 Å². The zero-order valence-corrected chi connectivity index (χ0v) is 17.4. The Morgan fingerprint density at radius 1 is 1.32 bits per heavy atom. The van der Waals surface area contributed by atoms with Crippen molar-refractivity contribution < 1.29 is 18.3 Å². The Morgan fingerprint density at radius 3 is 2.82 bits per heavy atom. The normalized spacial score (nSPS) is 26.0. The van der Waals surface area contributed by atoms with E-state index in [0.717, 1.165) is 37.9 Å². The molecule has 7 heteroatoms. The third-order valence-electron chi connectivity index (χ3n) is 5.96. The summed E-state index contributed by atoms with van der Waals surface area (Å²) in [6.07, 6.45) is 7.94. The van der Waals surface area contributed by atoms with Gasteiger partial charge in [0.2, 0.25) is 10.0 Å². The molecule has 2 aliphatic rings. The van der Waals surface area contributed by atoms with E-state index in [0.29, 0.717) is 17.2 Å². The fourth-order valence-electron chi connectivity index (χ4n) is 4.28. The molecule has 0 spiro atoms. The van der Waals surface area contributed by atoms with E-state index in [2.05, 4.69) is 11.0 Å². The van der Waals surface area contributed by atoms with Crippen LogP contribution in [0.4, 0.5) is 0 Å². The summed E-state index contributed by atoms with van der Waals surface area (Å²) in [4.78, 5) is 13.6. The summed E-state index contributed by atoms with van der Waals surface area (Å²) in [5.41, 5.74) is 0.926. The number of carboxylic acids is 1. The average Bonchev–Trinajstić information content (AvgIpc) is 3.16. The minimum absolute atomic E-state index is 0.157. The molecule has 0 radical (unpaired) electrons. The molecule has 154 valence electrons. The second kappa shape index (κ2) is 8.76. The molecule has 28 heavy (non-hydrogen) atoms. The molecule has 3 atom stereocenters. The van der Waals surface area contributed by atoms with Gasteiger partial charge in [-0.1, -0.05) is 24.3 Å². The van der Waals surface area contributed by atoms with Crippen molar-refractivity contribution in [1.29, 1.82) is 0 Å². The van der Waals surface area contributed by atoms with Crippen LogP contribution in [0.5, 0.6) is 0 Å². The summed E-state index contributed by atoms with van der Waals surface area (Å²) in [6, 6.07) is 7.07. The van der Waals surface area contributed by atoms with Crippen LogP contribution >= 0.6 is 0 Å². The average molecular weight is 407 g/mol. The number of nitrogens with zero attached hydrogens (tertiary/aromatic N) is 2. The number of piperidine rings is 1. The number of benzene rings is 1. The molecule has 0 aromatic heterocycles. The van der Waals surface area contributed by atoms with Crippen molar-refractivity contribution in [3.05, 3.63) is 42.0 Å². The molecule has 1 N–H and O–H groups in total. The highest BCUT2D eigenvalue weighted by Crippen LogP contribution is 2.29. The van der Waals surface area contributed by atoms with Crippen molar-refractivity contribution in [3.8, 4) is 0 Å². The van der Waals surface area contributed by atoms with Gasteiger partial charge in [-0.25, -0.2) is 8.42 Å². The molecule has 1 saturated heterocycles. The van der Waals surface area contributed by atoms with Gasteiger partial charge in [0.1, 0.15) is 0 Å². The molecule has 1 fully saturated rings. The Balaban J connectivity index is 1.62. The molecular formula is C21H30N2O4S. The first-order valence-electron chi connectivity index (χ1n) is 9.96. The summed E-state index contributed by atoms with van der Waals surface area (Å²) >= 11 is 0. The summed E-state index contributed by atoms with van der Waals surface area (Å²) < 4.78 is 27.4. The molecule has 1 aliphatic heterocycles. The lowest BCUT2D eigenvalue weighted by Crippen LogP contribution is -2.43. The SMILES string of the molecule is Cc1cccc(S(=O)(=O)N(C)C2C=CC(N3CCCC(CCC(=O)O)C3)C2)c1. The predicted octanol–water partition coefficient (Wildman–Crippen LogP) is 2.89. The summed E-state index contributed by atoms with van der Waals surface area (Å²) in [6.45, 7) is 3.77. The van der Waals surface area contributed by atoms with E-state index in [4.69, 9.17) is 5.11 Å². The van der Waals surface area contributed by atoms with Crippen LogP contribution < -0.4 is 0 Å². The lowest BCUT2D eigenvalue weighted by Gasteiger charge is -2.37. The van der Waals surface area contributed by atoms with Crippen molar-refractivity contribution in [2.45, 2.75) is 56.0 Å². The van der Waals surface area contributed by atoms with Gasteiger partial charge in [-0.05, 0) is 62.8 Å². The number of carbonyl (C=O) groups is 1. The minimum atomic E-state index is -3.53. The summed E-state index contributed by atoms with van der Waals surface area (Å²) in [7, 11) is -1.88. The monoisotopic (exact) mass is 406 g/mol. The molecule has 3 unspecified atom stereocenters. The number of carboxylic acid groups (broad SMARTS) is 1. The van der Waals surface area contributed by atoms with Gasteiger partial charge in [-0.15, -0.1) is 0 Å². The maximum absolute atomic E-state index is 13.0. The van der Waals surface area contributed by atoms with Crippen molar-refractivity contribution in [3.63, 3.8) is 0 Å². The van der Waals surface area contributed by atoms with Gasteiger partial charge >= 0.3 is 5.97 Å². The standard InChI is InChI=1S/C21H30N2O4S/c1-16-5-3-7-20(13-16)28(26,27)22(2)18-9-10-19(14-18)23-12-4-6-17(15-23)8-11-21(24)25/h3,5,7,9-10,13,17-19H,4,6,8,11-12,14-15H2,1-2H3,(H,24,25). The zero-order valence-electron chi connectivity index (χ0n) is 16.6. The topological polar surface area (TPSA) is 77.9 Å². The Kier molecular flexibility index (Phi) is 6.58. The maximum atomic E-state index is 13.0. The van der Waals surface area contributed by atoms with Gasteiger partial charge in [-0.2, -0.15) is 4.31 Å². The first kappa shape index (κ1) is 21.0. The number of hydrogen-bond acceptors (Lipinski definition) is 4. The van der Waals surface area contributed by atoms with Gasteiger partial charge in [0.15, 0.2) is 0 Å². The van der Waals surface area contributed by atoms with Gasteiger partial charge in [-0.3, -0.25) is 9.69 Å². The zero-order chi connectivity index (χ0) is 20.3. The molecule has 1 heterocycles. The number of aliphatic carboxylic acids is 1. The Labute approximate surface area is 167 Å². The molecule has 1 aromatic carbocycles. The van der Waals surface area contributed by atoms with E-state index >= 15 is 0 Å². The lowest BCUT2D eigenvalue weighted by molar-refractivity contribution is -0.137. The van der Waals surface area contributed by atoms with E-state index in [1.54, 1.807) is 25.2 Å². The fraction of sp³-hybridized carbons (Fsp3) is 0.571. The molecule has 1 aromatic rings. The second-order valence-corrected chi connectivity index (χ2v) is 10.0. The van der Waals surface area contributed by atoms with Crippen molar-refractivity contribution >= 4 is 16.0 Å². The molecule has 0 bridgehead atoms. The Bertz CT molecular complexity index is 837. The van der Waals surface area contributed by atoms with E-state index < -0.39 is 16.0 Å². The Morgan fingerprint density at radius 2 is 2.11 bits per heavy atom. The van der Waals surface area contributed by atoms with Crippen LogP contribution in [0.2, 0.25) is 0 Å². The summed E-state index contributed by atoms with van der Waals surface area (Å²) in [5, 5.41) is 8.92. The highest BCUT2D eigenvalue weighted by atomic mass is 32.2. The van der Waals surface area contributed by atoms with Crippen LogP contribution in [0.25, 0.3) is 0 Å². The third-order valence-corrected chi connectivity index (χ3v) is 7.84.